The van der Waals surface area contributed by atoms with E-state index in [2.05, 4.69) is 20.8 Å². The summed E-state index contributed by atoms with van der Waals surface area (Å²) in [7, 11) is 3.12. The van der Waals surface area contributed by atoms with Gasteiger partial charge in [0.2, 0.25) is 11.1 Å². The van der Waals surface area contributed by atoms with Crippen LogP contribution in [0, 0.1) is 0 Å². The molecule has 0 saturated heterocycles. The first-order chi connectivity index (χ1) is 11.6. The van der Waals surface area contributed by atoms with Crippen LogP contribution in [0.2, 0.25) is 0 Å². The molecule has 1 fully saturated rings. The number of nitrogens with zero attached hydrogens (tertiary/aromatic N) is 4. The summed E-state index contributed by atoms with van der Waals surface area (Å²) in [5.41, 5.74) is 0.645. The van der Waals surface area contributed by atoms with Crippen molar-refractivity contribution >= 4 is 23.4 Å². The Morgan fingerprint density at radius 2 is 2.08 bits per heavy atom. The van der Waals surface area contributed by atoms with Gasteiger partial charge in [-0.25, -0.2) is 4.68 Å². The van der Waals surface area contributed by atoms with Crippen molar-refractivity contribution in [1.29, 1.82) is 0 Å². The molecule has 0 aliphatic heterocycles. The average molecular weight is 349 g/mol. The molecule has 24 heavy (non-hydrogen) atoms. The SMILES string of the molecule is COc1ccc(NC(=O)C(C)Sc2nnnn2C2CC2)cc1OC. The summed E-state index contributed by atoms with van der Waals surface area (Å²) < 4.78 is 12.2. The first-order valence-electron chi connectivity index (χ1n) is 7.59. The minimum absolute atomic E-state index is 0.127. The van der Waals surface area contributed by atoms with E-state index >= 15 is 0 Å². The lowest BCUT2D eigenvalue weighted by Gasteiger charge is -2.13. The number of nitrogens with one attached hydrogen (secondary N) is 1. The number of tetrazole rings is 1. The number of methoxy groups -OCH3 is 2. The summed E-state index contributed by atoms with van der Waals surface area (Å²) in [5.74, 6) is 1.05. The highest BCUT2D eigenvalue weighted by Gasteiger charge is 2.29. The zero-order chi connectivity index (χ0) is 17.1. The third kappa shape index (κ3) is 3.61. The van der Waals surface area contributed by atoms with Crippen LogP contribution in [0.25, 0.3) is 0 Å². The minimum atomic E-state index is -0.332. The van der Waals surface area contributed by atoms with Gasteiger partial charge in [0.25, 0.3) is 0 Å². The van der Waals surface area contributed by atoms with Gasteiger partial charge in [-0.05, 0) is 42.3 Å². The van der Waals surface area contributed by atoms with Crippen molar-refractivity contribution in [2.24, 2.45) is 0 Å². The smallest absolute Gasteiger partial charge is 0.237 e. The van der Waals surface area contributed by atoms with E-state index in [1.807, 2.05) is 6.92 Å². The fourth-order valence-corrected chi connectivity index (χ4v) is 3.04. The molecular formula is C15H19N5O3S. The lowest BCUT2D eigenvalue weighted by atomic mass is 10.2. The molecule has 8 nitrogen and oxygen atoms in total. The normalized spacial score (nSPS) is 15.0. The number of ether oxygens (including phenoxy) is 2. The van der Waals surface area contributed by atoms with E-state index in [1.54, 1.807) is 37.1 Å². The highest BCUT2D eigenvalue weighted by atomic mass is 32.2. The molecule has 128 valence electrons. The van der Waals surface area contributed by atoms with Gasteiger partial charge in [-0.15, -0.1) is 5.10 Å². The van der Waals surface area contributed by atoms with Gasteiger partial charge in [0.05, 0.1) is 25.5 Å². The zero-order valence-corrected chi connectivity index (χ0v) is 14.5. The third-order valence-electron chi connectivity index (χ3n) is 3.66. The number of anilines is 1. The molecule has 0 spiro atoms. The van der Waals surface area contributed by atoms with Crippen molar-refractivity contribution in [1.82, 2.24) is 20.2 Å². The first-order valence-corrected chi connectivity index (χ1v) is 8.47. The van der Waals surface area contributed by atoms with Gasteiger partial charge in [0.15, 0.2) is 11.5 Å². The Labute approximate surface area is 143 Å². The van der Waals surface area contributed by atoms with Gasteiger partial charge in [-0.2, -0.15) is 0 Å². The largest absolute Gasteiger partial charge is 0.493 e. The number of benzene rings is 1. The molecule has 1 aromatic carbocycles. The van der Waals surface area contributed by atoms with Gasteiger partial charge in [-0.1, -0.05) is 11.8 Å². The maximum atomic E-state index is 12.4. The number of rotatable bonds is 7. The van der Waals surface area contributed by atoms with Gasteiger partial charge < -0.3 is 14.8 Å². The van der Waals surface area contributed by atoms with E-state index in [0.29, 0.717) is 28.4 Å². The molecule has 1 unspecified atom stereocenters. The molecule has 0 radical (unpaired) electrons. The van der Waals surface area contributed by atoms with Gasteiger partial charge >= 0.3 is 0 Å². The molecule has 2 aromatic rings. The Morgan fingerprint density at radius 1 is 1.33 bits per heavy atom. The number of hydrogen-bond donors (Lipinski definition) is 1. The Balaban J connectivity index is 1.64. The van der Waals surface area contributed by atoms with Gasteiger partial charge in [-0.3, -0.25) is 4.79 Å². The van der Waals surface area contributed by atoms with Crippen LogP contribution >= 0.6 is 11.8 Å². The number of thioether (sulfide) groups is 1. The number of carbonyl (C=O) groups excluding carboxylic acids is 1. The van der Waals surface area contributed by atoms with Crippen LogP contribution in [-0.4, -0.2) is 45.6 Å². The molecule has 1 amide bonds. The summed E-state index contributed by atoms with van der Waals surface area (Å²) in [4.78, 5) is 12.4. The molecular weight excluding hydrogens is 330 g/mol. The molecule has 1 N–H and O–H groups in total. The van der Waals surface area contributed by atoms with E-state index < -0.39 is 0 Å². The van der Waals surface area contributed by atoms with Crippen LogP contribution in [-0.2, 0) is 4.79 Å². The predicted octanol–water partition coefficient (Wildman–Crippen LogP) is 2.14. The summed E-state index contributed by atoms with van der Waals surface area (Å²) in [5, 5.41) is 14.9. The second kappa shape index (κ2) is 7.08. The summed E-state index contributed by atoms with van der Waals surface area (Å²) in [6.45, 7) is 1.83. The lowest BCUT2D eigenvalue weighted by Crippen LogP contribution is -2.23. The van der Waals surface area contributed by atoms with Crippen molar-refractivity contribution in [3.63, 3.8) is 0 Å². The molecule has 0 bridgehead atoms. The zero-order valence-electron chi connectivity index (χ0n) is 13.7. The van der Waals surface area contributed by atoms with Gasteiger partial charge in [0.1, 0.15) is 0 Å². The Bertz CT molecular complexity index is 732. The van der Waals surface area contributed by atoms with Crippen molar-refractivity contribution in [2.45, 2.75) is 36.2 Å². The van der Waals surface area contributed by atoms with E-state index in [0.717, 1.165) is 12.8 Å². The second-order valence-corrected chi connectivity index (χ2v) is 6.76. The van der Waals surface area contributed by atoms with Crippen LogP contribution < -0.4 is 14.8 Å². The van der Waals surface area contributed by atoms with E-state index in [1.165, 1.54) is 11.8 Å². The van der Waals surface area contributed by atoms with Crippen molar-refractivity contribution in [3.05, 3.63) is 18.2 Å². The molecule has 1 heterocycles. The third-order valence-corrected chi connectivity index (χ3v) is 4.71. The number of hydrogen-bond acceptors (Lipinski definition) is 7. The fraction of sp³-hybridized carbons (Fsp3) is 0.467. The molecule has 1 saturated carbocycles. The highest BCUT2D eigenvalue weighted by Crippen LogP contribution is 2.37. The maximum Gasteiger partial charge on any atom is 0.237 e. The monoisotopic (exact) mass is 349 g/mol. The topological polar surface area (TPSA) is 91.2 Å². The maximum absolute atomic E-state index is 12.4. The molecule has 9 heteroatoms. The van der Waals surface area contributed by atoms with E-state index in [9.17, 15) is 4.79 Å². The minimum Gasteiger partial charge on any atom is -0.493 e. The Kier molecular flexibility index (Phi) is 4.89. The van der Waals surface area contributed by atoms with Crippen LogP contribution in [0.4, 0.5) is 5.69 Å². The van der Waals surface area contributed by atoms with Crippen molar-refractivity contribution < 1.29 is 14.3 Å². The molecule has 1 aromatic heterocycles. The second-order valence-electron chi connectivity index (χ2n) is 5.46. The summed E-state index contributed by atoms with van der Waals surface area (Å²) in [6.07, 6.45) is 2.18. The molecule has 1 aliphatic carbocycles. The van der Waals surface area contributed by atoms with Crippen LogP contribution in [0.3, 0.4) is 0 Å². The summed E-state index contributed by atoms with van der Waals surface area (Å²) in [6, 6.07) is 5.62. The van der Waals surface area contributed by atoms with E-state index in [4.69, 9.17) is 9.47 Å². The van der Waals surface area contributed by atoms with Crippen molar-refractivity contribution in [3.8, 4) is 11.5 Å². The van der Waals surface area contributed by atoms with Crippen LogP contribution in [0.15, 0.2) is 23.4 Å². The van der Waals surface area contributed by atoms with Gasteiger partial charge in [0, 0.05) is 11.8 Å². The highest BCUT2D eigenvalue weighted by molar-refractivity contribution is 8.00. The predicted molar refractivity (Wildman–Crippen MR) is 89.6 cm³/mol. The number of amides is 1. The molecule has 1 aliphatic rings. The molecule has 3 rings (SSSR count). The lowest BCUT2D eigenvalue weighted by molar-refractivity contribution is -0.115. The molecule has 1 atom stereocenters. The number of carbonyl (C=O) groups is 1. The first kappa shape index (κ1) is 16.6. The fourth-order valence-electron chi connectivity index (χ4n) is 2.18. The van der Waals surface area contributed by atoms with Crippen LogP contribution in [0.1, 0.15) is 25.8 Å². The van der Waals surface area contributed by atoms with E-state index in [-0.39, 0.29) is 11.2 Å². The standard InChI is InChI=1S/C15H19N5O3S/c1-9(24-15-17-18-19-20(15)11-5-6-11)14(21)16-10-4-7-12(22-2)13(8-10)23-3/h4,7-9,11H,5-6H2,1-3H3,(H,16,21). The quantitative estimate of drug-likeness (QED) is 0.766. The Morgan fingerprint density at radius 3 is 2.75 bits per heavy atom. The van der Waals surface area contributed by atoms with Crippen molar-refractivity contribution in [2.75, 3.05) is 19.5 Å². The average Bonchev–Trinajstić information content (AvgIpc) is 3.34. The van der Waals surface area contributed by atoms with Crippen LogP contribution in [0.5, 0.6) is 11.5 Å². The number of aromatic nitrogens is 4. The Hall–Kier alpha value is -2.29. The summed E-state index contributed by atoms with van der Waals surface area (Å²) >= 11 is 1.35.